The third kappa shape index (κ3) is 5.33. The minimum atomic E-state index is -0.980. The van der Waals surface area contributed by atoms with E-state index >= 15 is 4.48 Å². The molecule has 4 aromatic rings. The summed E-state index contributed by atoms with van der Waals surface area (Å²) in [5, 5.41) is 2.84. The van der Waals surface area contributed by atoms with Gasteiger partial charge >= 0.3 is 12.0 Å². The molecule has 0 fully saturated rings. The molecule has 1 aliphatic heterocycles. The van der Waals surface area contributed by atoms with Crippen molar-refractivity contribution in [1.82, 2.24) is 9.88 Å². The van der Waals surface area contributed by atoms with Crippen LogP contribution < -0.4 is 20.9 Å². The number of nitrogens with zero attached hydrogens (tertiary/aromatic N) is 3. The number of benzene rings is 2. The Labute approximate surface area is 236 Å². The number of ether oxygens (including phenoxy) is 1. The van der Waals surface area contributed by atoms with Gasteiger partial charge in [0.05, 0.1) is 27.6 Å². The van der Waals surface area contributed by atoms with Crippen LogP contribution in [0.5, 0.6) is 0 Å². The zero-order valence-corrected chi connectivity index (χ0v) is 22.6. The number of anilines is 2. The molecule has 9 nitrogen and oxygen atoms in total. The van der Waals surface area contributed by atoms with Crippen molar-refractivity contribution in [1.29, 1.82) is 0 Å². The van der Waals surface area contributed by atoms with E-state index < -0.39 is 12.0 Å². The number of halogens is 2. The maximum Gasteiger partial charge on any atom is 0.357 e. The highest BCUT2D eigenvalue weighted by Gasteiger charge is 2.36. The fraction of sp³-hybridized carbons (Fsp3) is 0.143. The van der Waals surface area contributed by atoms with E-state index in [9.17, 15) is 19.2 Å². The molecule has 3 heterocycles. The van der Waals surface area contributed by atoms with Crippen LogP contribution in [-0.2, 0) is 4.74 Å². The molecule has 0 spiro atoms. The van der Waals surface area contributed by atoms with E-state index in [4.69, 9.17) is 16.3 Å². The van der Waals surface area contributed by atoms with E-state index in [1.165, 1.54) is 53.0 Å². The lowest BCUT2D eigenvalue weighted by Crippen LogP contribution is -2.40. The Balaban J connectivity index is 1.39. The number of nitrogens with one attached hydrogen (secondary N) is 1. The van der Waals surface area contributed by atoms with Gasteiger partial charge in [-0.1, -0.05) is 28.2 Å². The van der Waals surface area contributed by atoms with E-state index in [1.54, 1.807) is 42.6 Å². The third-order valence-electron chi connectivity index (χ3n) is 6.47. The number of thiophene rings is 1. The highest BCUT2D eigenvalue weighted by Crippen LogP contribution is 2.38. The molecule has 40 heavy (non-hydrogen) atoms. The summed E-state index contributed by atoms with van der Waals surface area (Å²) in [4.78, 5) is 51.9. The molecule has 0 radical (unpaired) electrons. The summed E-state index contributed by atoms with van der Waals surface area (Å²) < 4.78 is 22.2. The molecule has 1 aliphatic rings. The van der Waals surface area contributed by atoms with Crippen LogP contribution in [0.4, 0.5) is 20.7 Å². The molecule has 5 rings (SSSR count). The van der Waals surface area contributed by atoms with Gasteiger partial charge in [-0.2, -0.15) is 0 Å². The summed E-state index contributed by atoms with van der Waals surface area (Å²) in [5.41, 5.74) is 1.40. The Kier molecular flexibility index (Phi) is 7.67. The van der Waals surface area contributed by atoms with E-state index in [0.717, 1.165) is 11.3 Å². The molecular weight excluding hydrogens is 559 g/mol. The first kappa shape index (κ1) is 27.1. The van der Waals surface area contributed by atoms with Crippen molar-refractivity contribution >= 4 is 52.2 Å². The third-order valence-corrected chi connectivity index (χ3v) is 7.70. The fourth-order valence-corrected chi connectivity index (χ4v) is 5.44. The number of esters is 1. The molecule has 204 valence electrons. The first-order valence-electron chi connectivity index (χ1n) is 12.1. The quantitative estimate of drug-likeness (QED) is 0.250. The van der Waals surface area contributed by atoms with Crippen LogP contribution in [0.15, 0.2) is 83.8 Å². The van der Waals surface area contributed by atoms with Crippen LogP contribution in [0.1, 0.15) is 31.5 Å². The lowest BCUT2D eigenvalue weighted by Gasteiger charge is -2.22. The normalized spacial score (nSPS) is 14.0. The van der Waals surface area contributed by atoms with E-state index in [0.29, 0.717) is 26.2 Å². The van der Waals surface area contributed by atoms with Gasteiger partial charge in [-0.15, -0.1) is 16.5 Å². The number of amides is 3. The van der Waals surface area contributed by atoms with Crippen LogP contribution in [0, 0.1) is 0 Å². The predicted molar refractivity (Wildman–Crippen MR) is 151 cm³/mol. The number of fused-ring (bicyclic) bond motifs is 1. The summed E-state index contributed by atoms with van der Waals surface area (Å²) in [6, 6.07) is 17.5. The second kappa shape index (κ2) is 11.3. The Bertz CT molecular complexity index is 1650. The number of hydrogen-bond acceptors (Lipinski definition) is 6. The highest BCUT2D eigenvalue weighted by molar-refractivity contribution is 7.18. The van der Waals surface area contributed by atoms with Crippen molar-refractivity contribution in [2.75, 3.05) is 30.2 Å². The summed E-state index contributed by atoms with van der Waals surface area (Å²) in [6.07, 6.45) is 1.59. The summed E-state index contributed by atoms with van der Waals surface area (Å²) >= 11 is 7.07. The zero-order chi connectivity index (χ0) is 28.4. The second-order valence-corrected chi connectivity index (χ2v) is 10.6. The number of methoxy groups -OCH3 is 1. The molecular formula is C28H22ClFN4O5S. The van der Waals surface area contributed by atoms with Crippen molar-refractivity contribution in [3.05, 3.63) is 110 Å². The predicted octanol–water partition coefficient (Wildman–Crippen LogP) is 5.18. The minimum absolute atomic E-state index is 0.000746. The van der Waals surface area contributed by atoms with Gasteiger partial charge in [0.2, 0.25) is 0 Å². The van der Waals surface area contributed by atoms with Crippen molar-refractivity contribution < 1.29 is 23.6 Å². The number of rotatable bonds is 6. The fourth-order valence-electron chi connectivity index (χ4n) is 4.48. The van der Waals surface area contributed by atoms with Crippen molar-refractivity contribution in [2.45, 2.75) is 5.92 Å². The molecule has 0 saturated carbocycles. The van der Waals surface area contributed by atoms with Crippen LogP contribution in [0.3, 0.4) is 0 Å². The molecule has 12 heteroatoms. The molecule has 1 unspecified atom stereocenters. The molecule has 1 atom stereocenters. The second-order valence-electron chi connectivity index (χ2n) is 8.88. The summed E-state index contributed by atoms with van der Waals surface area (Å²) in [6.45, 7) is 0.220. The van der Waals surface area contributed by atoms with Crippen molar-refractivity contribution in [2.24, 2.45) is 0 Å². The standard InChI is InChI=1S/C28H22ClFN4O5S/c1-39-27(37)17-5-10-21-18(15-31-26(36)23-11-12-24(29)40-23)16-33(22(21)14-17)28(38)34(30)20-8-6-19(7-9-20)32-13-3-2-4-25(32)35/h2-14,18H,15-16H2,1H3,(H,31,36). The van der Waals surface area contributed by atoms with Crippen LogP contribution >= 0.6 is 22.9 Å². The Morgan fingerprint density at radius 2 is 1.88 bits per heavy atom. The Morgan fingerprint density at radius 1 is 1.10 bits per heavy atom. The van der Waals surface area contributed by atoms with Crippen molar-refractivity contribution in [3.8, 4) is 5.69 Å². The largest absolute Gasteiger partial charge is 0.465 e. The van der Waals surface area contributed by atoms with E-state index in [2.05, 4.69) is 5.32 Å². The van der Waals surface area contributed by atoms with Gasteiger partial charge in [0.25, 0.3) is 11.5 Å². The lowest BCUT2D eigenvalue weighted by molar-refractivity contribution is 0.0600. The molecule has 1 N–H and O–H groups in total. The van der Waals surface area contributed by atoms with Crippen LogP contribution in [-0.4, -0.2) is 42.7 Å². The number of pyridine rings is 1. The molecule has 0 bridgehead atoms. The van der Waals surface area contributed by atoms with Crippen molar-refractivity contribution in [3.63, 3.8) is 0 Å². The molecule has 2 aromatic carbocycles. The monoisotopic (exact) mass is 580 g/mol. The van der Waals surface area contributed by atoms with E-state index in [-0.39, 0.29) is 46.8 Å². The zero-order valence-electron chi connectivity index (χ0n) is 21.0. The van der Waals surface area contributed by atoms with Gasteiger partial charge in [0.15, 0.2) is 0 Å². The van der Waals surface area contributed by atoms with Crippen LogP contribution in [0.25, 0.3) is 5.69 Å². The summed E-state index contributed by atoms with van der Waals surface area (Å²) in [5.74, 6) is -1.30. The van der Waals surface area contributed by atoms with Gasteiger partial charge in [-0.3, -0.25) is 19.1 Å². The molecule has 0 aliphatic carbocycles. The van der Waals surface area contributed by atoms with Gasteiger partial charge in [-0.25, -0.2) is 9.59 Å². The number of hydrogen-bond donors (Lipinski definition) is 1. The number of urea groups is 1. The molecule has 0 saturated heterocycles. The summed E-state index contributed by atoms with van der Waals surface area (Å²) in [7, 11) is 1.24. The first-order valence-corrected chi connectivity index (χ1v) is 13.3. The maximum atomic E-state index is 15.5. The highest BCUT2D eigenvalue weighted by atomic mass is 35.5. The average Bonchev–Trinajstić information content (AvgIpc) is 3.58. The van der Waals surface area contributed by atoms with Gasteiger partial charge < -0.3 is 10.1 Å². The van der Waals surface area contributed by atoms with Gasteiger partial charge in [0.1, 0.15) is 0 Å². The Hall–Kier alpha value is -4.48. The number of aromatic nitrogens is 1. The number of carbonyl (C=O) groups excluding carboxylic acids is 3. The Morgan fingerprint density at radius 3 is 2.55 bits per heavy atom. The van der Waals surface area contributed by atoms with E-state index in [1.807, 2.05) is 0 Å². The van der Waals surface area contributed by atoms with Gasteiger partial charge in [-0.05, 0) is 60.2 Å². The topological polar surface area (TPSA) is 101 Å². The lowest BCUT2D eigenvalue weighted by atomic mass is 10.00. The average molecular weight is 581 g/mol. The van der Waals surface area contributed by atoms with Gasteiger partial charge in [0, 0.05) is 42.6 Å². The minimum Gasteiger partial charge on any atom is -0.465 e. The van der Waals surface area contributed by atoms with Crippen LogP contribution in [0.2, 0.25) is 4.34 Å². The molecule has 2 aromatic heterocycles. The first-order chi connectivity index (χ1) is 19.3. The maximum absolute atomic E-state index is 15.5. The smallest absolute Gasteiger partial charge is 0.357 e. The number of carbonyl (C=O) groups is 3. The SMILES string of the molecule is COC(=O)c1ccc2c(c1)N(C(=O)N(F)c1ccc(-n3ccccc3=O)cc1)CC2CNC(=O)c1ccc(Cl)s1. The molecule has 3 amide bonds.